The lowest BCUT2D eigenvalue weighted by atomic mass is 9.95. The molecule has 0 saturated carbocycles. The first-order valence-corrected chi connectivity index (χ1v) is 7.95. The van der Waals surface area contributed by atoms with Gasteiger partial charge in [-0.2, -0.15) is 0 Å². The Labute approximate surface area is 139 Å². The van der Waals surface area contributed by atoms with E-state index in [4.69, 9.17) is 14.2 Å². The molecule has 0 bridgehead atoms. The predicted molar refractivity (Wildman–Crippen MR) is 86.6 cm³/mol. The standard InChI is InChI=1S/C18H19NO5/c20-13-3-1-12(2-4-13)18(19-5-7-22-8-6-19)14-9-16-17(10-15(14)21)24-11-23-16/h1-4,9-10,18,20-21H,5-8,11H2/t18-/m0/s1. The minimum atomic E-state index is -0.149. The van der Waals surface area contributed by atoms with Gasteiger partial charge >= 0.3 is 0 Å². The maximum Gasteiger partial charge on any atom is 0.231 e. The van der Waals surface area contributed by atoms with E-state index < -0.39 is 0 Å². The van der Waals surface area contributed by atoms with Gasteiger partial charge in [0.05, 0.1) is 19.3 Å². The second-order valence-electron chi connectivity index (χ2n) is 5.91. The number of morpholine rings is 1. The molecule has 6 nitrogen and oxygen atoms in total. The van der Waals surface area contributed by atoms with Gasteiger partial charge in [-0.15, -0.1) is 0 Å². The molecule has 0 amide bonds. The van der Waals surface area contributed by atoms with Crippen molar-refractivity contribution in [1.29, 1.82) is 0 Å². The summed E-state index contributed by atoms with van der Waals surface area (Å²) in [6.45, 7) is 3.00. The van der Waals surface area contributed by atoms with E-state index in [9.17, 15) is 10.2 Å². The highest BCUT2D eigenvalue weighted by atomic mass is 16.7. The highest BCUT2D eigenvalue weighted by molar-refractivity contribution is 5.54. The van der Waals surface area contributed by atoms with Crippen molar-refractivity contribution < 1.29 is 24.4 Å². The molecule has 0 unspecified atom stereocenters. The van der Waals surface area contributed by atoms with Gasteiger partial charge in [0.15, 0.2) is 11.5 Å². The summed E-state index contributed by atoms with van der Waals surface area (Å²) in [6.07, 6.45) is 0. The Morgan fingerprint density at radius 1 is 0.917 bits per heavy atom. The number of hydrogen-bond acceptors (Lipinski definition) is 6. The van der Waals surface area contributed by atoms with E-state index in [1.807, 2.05) is 18.2 Å². The van der Waals surface area contributed by atoms with Gasteiger partial charge in [0.1, 0.15) is 11.5 Å². The lowest BCUT2D eigenvalue weighted by Gasteiger charge is -2.35. The zero-order valence-electron chi connectivity index (χ0n) is 13.1. The fourth-order valence-electron chi connectivity index (χ4n) is 3.25. The van der Waals surface area contributed by atoms with Crippen LogP contribution in [0.3, 0.4) is 0 Å². The monoisotopic (exact) mass is 329 g/mol. The number of fused-ring (bicyclic) bond motifs is 1. The summed E-state index contributed by atoms with van der Waals surface area (Å²) >= 11 is 0. The summed E-state index contributed by atoms with van der Waals surface area (Å²) in [5, 5.41) is 20.1. The van der Waals surface area contributed by atoms with Gasteiger partial charge in [-0.25, -0.2) is 0 Å². The van der Waals surface area contributed by atoms with Gasteiger partial charge in [0, 0.05) is 24.7 Å². The van der Waals surface area contributed by atoms with E-state index in [2.05, 4.69) is 4.90 Å². The van der Waals surface area contributed by atoms with E-state index in [1.165, 1.54) is 0 Å². The van der Waals surface area contributed by atoms with Gasteiger partial charge in [0.25, 0.3) is 0 Å². The number of hydrogen-bond donors (Lipinski definition) is 2. The highest BCUT2D eigenvalue weighted by Crippen LogP contribution is 2.43. The quantitative estimate of drug-likeness (QED) is 0.900. The van der Waals surface area contributed by atoms with E-state index in [1.54, 1.807) is 18.2 Å². The summed E-state index contributed by atoms with van der Waals surface area (Å²) in [5.74, 6) is 1.58. The topological polar surface area (TPSA) is 71.4 Å². The molecule has 1 fully saturated rings. The Morgan fingerprint density at radius 3 is 2.29 bits per heavy atom. The molecule has 2 N–H and O–H groups in total. The largest absolute Gasteiger partial charge is 0.508 e. The number of ether oxygens (including phenoxy) is 3. The van der Waals surface area contributed by atoms with E-state index in [0.717, 1.165) is 24.2 Å². The number of nitrogens with zero attached hydrogens (tertiary/aromatic N) is 1. The van der Waals surface area contributed by atoms with Crippen molar-refractivity contribution in [3.63, 3.8) is 0 Å². The molecule has 1 saturated heterocycles. The Morgan fingerprint density at radius 2 is 1.58 bits per heavy atom. The number of phenols is 2. The van der Waals surface area contributed by atoms with Crippen molar-refractivity contribution >= 4 is 0 Å². The maximum atomic E-state index is 10.5. The summed E-state index contributed by atoms with van der Waals surface area (Å²) in [7, 11) is 0. The molecule has 2 aliphatic heterocycles. The van der Waals surface area contributed by atoms with Crippen LogP contribution in [-0.4, -0.2) is 48.2 Å². The molecule has 0 aliphatic carbocycles. The number of benzene rings is 2. The summed E-state index contributed by atoms with van der Waals surface area (Å²) in [6, 6.07) is 10.4. The van der Waals surface area contributed by atoms with Crippen LogP contribution in [0, 0.1) is 0 Å². The molecule has 4 rings (SSSR count). The third kappa shape index (κ3) is 2.74. The molecular formula is C18H19NO5. The van der Waals surface area contributed by atoms with Crippen molar-refractivity contribution in [2.24, 2.45) is 0 Å². The molecule has 6 heteroatoms. The normalized spacial score (nSPS) is 18.5. The van der Waals surface area contributed by atoms with Crippen LogP contribution in [0.25, 0.3) is 0 Å². The summed E-state index contributed by atoms with van der Waals surface area (Å²) in [4.78, 5) is 2.26. The van der Waals surface area contributed by atoms with Crippen molar-refractivity contribution in [1.82, 2.24) is 4.90 Å². The molecule has 2 aliphatic rings. The van der Waals surface area contributed by atoms with Crippen LogP contribution in [0.5, 0.6) is 23.0 Å². The zero-order chi connectivity index (χ0) is 16.5. The SMILES string of the molecule is Oc1ccc([C@@H](c2cc3c(cc2O)OCO3)N2CCOCC2)cc1. The molecular weight excluding hydrogens is 310 g/mol. The molecule has 2 aromatic rings. The highest BCUT2D eigenvalue weighted by Gasteiger charge is 2.29. The third-order valence-electron chi connectivity index (χ3n) is 4.44. The Kier molecular flexibility index (Phi) is 3.92. The molecule has 0 aromatic heterocycles. The lowest BCUT2D eigenvalue weighted by Crippen LogP contribution is -2.39. The first-order valence-electron chi connectivity index (χ1n) is 7.95. The minimum absolute atomic E-state index is 0.149. The molecule has 24 heavy (non-hydrogen) atoms. The van der Waals surface area contributed by atoms with Crippen LogP contribution < -0.4 is 9.47 Å². The number of rotatable bonds is 3. The average molecular weight is 329 g/mol. The van der Waals surface area contributed by atoms with Gasteiger partial charge in [-0.05, 0) is 23.8 Å². The predicted octanol–water partition coefficient (Wildman–Crippen LogP) is 2.25. The second-order valence-corrected chi connectivity index (χ2v) is 5.91. The second kappa shape index (κ2) is 6.22. The van der Waals surface area contributed by atoms with Crippen molar-refractivity contribution in [3.05, 3.63) is 47.5 Å². The van der Waals surface area contributed by atoms with Gasteiger partial charge in [0.2, 0.25) is 6.79 Å². The van der Waals surface area contributed by atoms with Gasteiger partial charge < -0.3 is 24.4 Å². The van der Waals surface area contributed by atoms with Gasteiger partial charge in [-0.3, -0.25) is 4.90 Å². The van der Waals surface area contributed by atoms with Crippen LogP contribution in [0.15, 0.2) is 36.4 Å². The van der Waals surface area contributed by atoms with Crippen LogP contribution in [-0.2, 0) is 4.74 Å². The fraction of sp³-hybridized carbons (Fsp3) is 0.333. The first kappa shape index (κ1) is 15.1. The zero-order valence-corrected chi connectivity index (χ0v) is 13.1. The van der Waals surface area contributed by atoms with Gasteiger partial charge in [-0.1, -0.05) is 12.1 Å². The minimum Gasteiger partial charge on any atom is -0.508 e. The van der Waals surface area contributed by atoms with E-state index >= 15 is 0 Å². The van der Waals surface area contributed by atoms with Crippen LogP contribution in [0.1, 0.15) is 17.2 Å². The smallest absolute Gasteiger partial charge is 0.231 e. The third-order valence-corrected chi connectivity index (χ3v) is 4.44. The molecule has 0 spiro atoms. The van der Waals surface area contributed by atoms with E-state index in [-0.39, 0.29) is 24.3 Å². The van der Waals surface area contributed by atoms with Crippen molar-refractivity contribution in [2.45, 2.75) is 6.04 Å². The Balaban J connectivity index is 1.78. The van der Waals surface area contributed by atoms with Crippen LogP contribution in [0.4, 0.5) is 0 Å². The average Bonchev–Trinajstić information content (AvgIpc) is 3.05. The lowest BCUT2D eigenvalue weighted by molar-refractivity contribution is 0.0235. The van der Waals surface area contributed by atoms with Crippen LogP contribution in [0.2, 0.25) is 0 Å². The van der Waals surface area contributed by atoms with Crippen molar-refractivity contribution in [3.8, 4) is 23.0 Å². The molecule has 0 radical (unpaired) electrons. The molecule has 1 atom stereocenters. The molecule has 2 heterocycles. The fourth-order valence-corrected chi connectivity index (χ4v) is 3.25. The summed E-state index contributed by atoms with van der Waals surface area (Å²) < 4.78 is 16.3. The number of aromatic hydroxyl groups is 2. The molecule has 2 aromatic carbocycles. The molecule has 126 valence electrons. The Bertz CT molecular complexity index is 725. The van der Waals surface area contributed by atoms with Crippen LogP contribution >= 0.6 is 0 Å². The first-order chi connectivity index (χ1) is 11.7. The van der Waals surface area contributed by atoms with Crippen molar-refractivity contribution in [2.75, 3.05) is 33.1 Å². The summed E-state index contributed by atoms with van der Waals surface area (Å²) in [5.41, 5.74) is 1.75. The Hall–Kier alpha value is -2.44. The van der Waals surface area contributed by atoms with E-state index in [0.29, 0.717) is 24.7 Å². The maximum absolute atomic E-state index is 10.5. The number of phenolic OH excluding ortho intramolecular Hbond substituents is 2.